The highest BCUT2D eigenvalue weighted by Crippen LogP contribution is 2.36. The van der Waals surface area contributed by atoms with Crippen LogP contribution in [0.1, 0.15) is 30.5 Å². The molecule has 0 fully saturated rings. The van der Waals surface area contributed by atoms with Gasteiger partial charge in [0.25, 0.3) is 0 Å². The number of nitrogens with zero attached hydrogens (tertiary/aromatic N) is 2. The summed E-state index contributed by atoms with van der Waals surface area (Å²) < 4.78 is 0. The molecule has 0 spiro atoms. The van der Waals surface area contributed by atoms with Crippen molar-refractivity contribution in [3.63, 3.8) is 0 Å². The SMILES string of the molecule is C=Cc1c(C)c(/C=C\C)c2cccnc2c1/N=C\C. The second-order valence-corrected chi connectivity index (χ2v) is 4.29. The lowest BCUT2D eigenvalue weighted by molar-refractivity contribution is 1.35. The van der Waals surface area contributed by atoms with Crippen LogP contribution in [0, 0.1) is 6.92 Å². The Morgan fingerprint density at radius 2 is 2.05 bits per heavy atom. The van der Waals surface area contributed by atoms with Gasteiger partial charge in [-0.15, -0.1) is 0 Å². The Hall–Kier alpha value is -2.22. The van der Waals surface area contributed by atoms with Crippen LogP contribution in [0.4, 0.5) is 5.69 Å². The van der Waals surface area contributed by atoms with Gasteiger partial charge in [-0.25, -0.2) is 0 Å². The molecule has 1 aromatic heterocycles. The van der Waals surface area contributed by atoms with Crippen molar-refractivity contribution in [3.8, 4) is 0 Å². The van der Waals surface area contributed by atoms with E-state index in [4.69, 9.17) is 0 Å². The number of aromatic nitrogens is 1. The fraction of sp³-hybridized carbons (Fsp3) is 0.176. The Balaban J connectivity index is 3.02. The highest BCUT2D eigenvalue weighted by molar-refractivity contribution is 6.01. The number of hydrogen-bond donors (Lipinski definition) is 0. The summed E-state index contributed by atoms with van der Waals surface area (Å²) in [5.41, 5.74) is 5.26. The molecule has 96 valence electrons. The molecule has 0 saturated heterocycles. The van der Waals surface area contributed by atoms with Crippen LogP contribution in [0.15, 0.2) is 36.0 Å². The van der Waals surface area contributed by atoms with Crippen molar-refractivity contribution < 1.29 is 0 Å². The van der Waals surface area contributed by atoms with Gasteiger partial charge in [-0.1, -0.05) is 30.9 Å². The average molecular weight is 250 g/mol. The van der Waals surface area contributed by atoms with Gasteiger partial charge in [0.05, 0.1) is 11.2 Å². The summed E-state index contributed by atoms with van der Waals surface area (Å²) in [6.07, 6.45) is 9.62. The van der Waals surface area contributed by atoms with E-state index in [0.717, 1.165) is 22.2 Å². The number of allylic oxidation sites excluding steroid dienone is 1. The van der Waals surface area contributed by atoms with Crippen LogP contribution in [0.3, 0.4) is 0 Å². The van der Waals surface area contributed by atoms with Crippen LogP contribution < -0.4 is 0 Å². The first-order chi connectivity index (χ1) is 9.24. The fourth-order valence-electron chi connectivity index (χ4n) is 2.35. The van der Waals surface area contributed by atoms with Crippen LogP contribution in [-0.4, -0.2) is 11.2 Å². The highest BCUT2D eigenvalue weighted by Gasteiger charge is 2.13. The first-order valence-electron chi connectivity index (χ1n) is 6.39. The van der Waals surface area contributed by atoms with Gasteiger partial charge in [0.1, 0.15) is 0 Å². The van der Waals surface area contributed by atoms with Crippen molar-refractivity contribution in [1.82, 2.24) is 4.98 Å². The van der Waals surface area contributed by atoms with Gasteiger partial charge in [-0.05, 0) is 38.0 Å². The zero-order chi connectivity index (χ0) is 13.8. The van der Waals surface area contributed by atoms with Crippen LogP contribution in [0.2, 0.25) is 0 Å². The predicted octanol–water partition coefficient (Wildman–Crippen LogP) is 4.94. The van der Waals surface area contributed by atoms with E-state index in [-0.39, 0.29) is 0 Å². The molecule has 0 atom stereocenters. The zero-order valence-electron chi connectivity index (χ0n) is 11.6. The van der Waals surface area contributed by atoms with E-state index < -0.39 is 0 Å². The molecule has 0 aliphatic heterocycles. The molecule has 0 aliphatic rings. The van der Waals surface area contributed by atoms with Crippen LogP contribution >= 0.6 is 0 Å². The summed E-state index contributed by atoms with van der Waals surface area (Å²) in [6, 6.07) is 4.05. The smallest absolute Gasteiger partial charge is 0.0970 e. The summed E-state index contributed by atoms with van der Waals surface area (Å²) in [5, 5.41) is 1.13. The molecular formula is C17H18N2. The predicted molar refractivity (Wildman–Crippen MR) is 85.1 cm³/mol. The first kappa shape index (κ1) is 13.2. The molecule has 2 aromatic rings. The monoisotopic (exact) mass is 250 g/mol. The van der Waals surface area contributed by atoms with E-state index in [1.807, 2.05) is 32.1 Å². The Morgan fingerprint density at radius 1 is 1.26 bits per heavy atom. The van der Waals surface area contributed by atoms with E-state index in [9.17, 15) is 0 Å². The average Bonchev–Trinajstić information content (AvgIpc) is 2.44. The summed E-state index contributed by atoms with van der Waals surface area (Å²) in [5.74, 6) is 0. The van der Waals surface area contributed by atoms with Crippen LogP contribution in [0.5, 0.6) is 0 Å². The summed E-state index contributed by atoms with van der Waals surface area (Å²) in [4.78, 5) is 8.98. The number of rotatable bonds is 3. The molecule has 0 radical (unpaired) electrons. The van der Waals surface area contributed by atoms with Gasteiger partial charge in [-0.3, -0.25) is 9.98 Å². The Morgan fingerprint density at radius 3 is 2.68 bits per heavy atom. The van der Waals surface area contributed by atoms with Gasteiger partial charge < -0.3 is 0 Å². The maximum atomic E-state index is 4.50. The number of fused-ring (bicyclic) bond motifs is 1. The van der Waals surface area contributed by atoms with Crippen molar-refractivity contribution in [2.75, 3.05) is 0 Å². The van der Waals surface area contributed by atoms with E-state index in [0.29, 0.717) is 0 Å². The third-order valence-corrected chi connectivity index (χ3v) is 3.18. The summed E-state index contributed by atoms with van der Waals surface area (Å²) in [7, 11) is 0. The molecular weight excluding hydrogens is 232 g/mol. The maximum absolute atomic E-state index is 4.50. The molecule has 1 heterocycles. The number of hydrogen-bond acceptors (Lipinski definition) is 2. The lowest BCUT2D eigenvalue weighted by Gasteiger charge is -2.13. The number of pyridine rings is 1. The molecule has 0 unspecified atom stereocenters. The summed E-state index contributed by atoms with van der Waals surface area (Å²) >= 11 is 0. The Labute approximate surface area is 114 Å². The Bertz CT molecular complexity index is 679. The third kappa shape index (κ3) is 2.22. The van der Waals surface area contributed by atoms with E-state index >= 15 is 0 Å². The molecule has 0 saturated carbocycles. The van der Waals surface area contributed by atoms with Gasteiger partial charge in [0, 0.05) is 23.4 Å². The quantitative estimate of drug-likeness (QED) is 0.708. The maximum Gasteiger partial charge on any atom is 0.0970 e. The minimum Gasteiger partial charge on any atom is -0.259 e. The first-order valence-corrected chi connectivity index (χ1v) is 6.39. The lowest BCUT2D eigenvalue weighted by Crippen LogP contribution is -1.93. The molecule has 0 N–H and O–H groups in total. The fourth-order valence-corrected chi connectivity index (χ4v) is 2.35. The number of aliphatic imine (C=N–C) groups is 1. The van der Waals surface area contributed by atoms with Gasteiger partial charge in [0.15, 0.2) is 0 Å². The van der Waals surface area contributed by atoms with E-state index in [1.54, 1.807) is 12.4 Å². The van der Waals surface area contributed by atoms with E-state index in [1.165, 1.54) is 11.1 Å². The largest absolute Gasteiger partial charge is 0.259 e. The minimum absolute atomic E-state index is 0.902. The topological polar surface area (TPSA) is 25.2 Å². The van der Waals surface area contributed by atoms with Crippen molar-refractivity contribution in [1.29, 1.82) is 0 Å². The molecule has 1 aromatic carbocycles. The minimum atomic E-state index is 0.902. The normalized spacial score (nSPS) is 11.7. The van der Waals surface area contributed by atoms with Crippen LogP contribution in [0.25, 0.3) is 23.1 Å². The van der Waals surface area contributed by atoms with Gasteiger partial charge in [-0.2, -0.15) is 0 Å². The van der Waals surface area contributed by atoms with E-state index in [2.05, 4.69) is 35.6 Å². The molecule has 2 rings (SSSR count). The second-order valence-electron chi connectivity index (χ2n) is 4.29. The van der Waals surface area contributed by atoms with Crippen molar-refractivity contribution >= 4 is 35.0 Å². The Kier molecular flexibility index (Phi) is 3.91. The molecule has 2 nitrogen and oxygen atoms in total. The molecule has 2 heteroatoms. The number of benzene rings is 1. The standard InChI is InChI=1S/C17H18N2/c1-5-9-14-12(4)13(6-2)16(18-7-3)17-15(14)10-8-11-19-17/h5-11H,2H2,1,3-4H3/b9-5-,18-7-. The highest BCUT2D eigenvalue weighted by atomic mass is 14.8. The van der Waals surface area contributed by atoms with Crippen LogP contribution in [-0.2, 0) is 0 Å². The summed E-state index contributed by atoms with van der Waals surface area (Å²) in [6.45, 7) is 9.96. The third-order valence-electron chi connectivity index (χ3n) is 3.18. The molecule has 19 heavy (non-hydrogen) atoms. The molecule has 0 aliphatic carbocycles. The second kappa shape index (κ2) is 5.61. The molecule has 0 bridgehead atoms. The lowest BCUT2D eigenvalue weighted by atomic mass is 9.95. The van der Waals surface area contributed by atoms with Gasteiger partial charge in [0.2, 0.25) is 0 Å². The van der Waals surface area contributed by atoms with Crippen molar-refractivity contribution in [2.24, 2.45) is 4.99 Å². The van der Waals surface area contributed by atoms with Crippen molar-refractivity contribution in [3.05, 3.63) is 47.7 Å². The van der Waals surface area contributed by atoms with Crippen molar-refractivity contribution in [2.45, 2.75) is 20.8 Å². The molecule has 0 amide bonds. The van der Waals surface area contributed by atoms with Gasteiger partial charge >= 0.3 is 0 Å². The zero-order valence-corrected chi connectivity index (χ0v) is 11.6.